The maximum atomic E-state index is 12.3. The molecule has 0 aliphatic rings. The summed E-state index contributed by atoms with van der Waals surface area (Å²) in [5.41, 5.74) is 3.97. The predicted octanol–water partition coefficient (Wildman–Crippen LogP) is 3.91. The van der Waals surface area contributed by atoms with Gasteiger partial charge < -0.3 is 10.1 Å². The van der Waals surface area contributed by atoms with Crippen molar-refractivity contribution >= 4 is 25.9 Å². The second kappa shape index (κ2) is 9.93. The molecule has 1 atom stereocenters. The van der Waals surface area contributed by atoms with Crippen LogP contribution in [0.15, 0.2) is 60.8 Å². The highest BCUT2D eigenvalue weighted by atomic mass is 31.1. The second-order valence-electron chi connectivity index (χ2n) is 6.33. The molecule has 154 valence electrons. The number of carbonyl (C=O) groups excluding carboxylic acids is 1. The molecule has 2 N–H and O–H groups in total. The van der Waals surface area contributed by atoms with Gasteiger partial charge in [-0.25, -0.2) is 0 Å². The van der Waals surface area contributed by atoms with Crippen LogP contribution >= 0.6 is 8.25 Å². The van der Waals surface area contributed by atoms with Crippen LogP contribution in [-0.4, -0.2) is 27.7 Å². The number of aromatic nitrogens is 2. The van der Waals surface area contributed by atoms with Crippen molar-refractivity contribution in [3.8, 4) is 17.0 Å². The SMILES string of the molecule is COc1ccc(-c2c(C=CC(=O)Nc3ccc(CO[P+](=O)O)cc3)cnn2C)cc1. The third-order valence-electron chi connectivity index (χ3n) is 4.31. The molecule has 1 aromatic heterocycles. The molecule has 3 aromatic rings. The van der Waals surface area contributed by atoms with Gasteiger partial charge in [-0.15, -0.1) is 9.42 Å². The van der Waals surface area contributed by atoms with E-state index in [1.807, 2.05) is 31.3 Å². The summed E-state index contributed by atoms with van der Waals surface area (Å²) in [4.78, 5) is 21.0. The zero-order chi connectivity index (χ0) is 21.5. The molecule has 0 aliphatic heterocycles. The Hall–Kier alpha value is -3.32. The molecule has 3 rings (SSSR count). The van der Waals surface area contributed by atoms with E-state index in [0.29, 0.717) is 5.69 Å². The van der Waals surface area contributed by atoms with Gasteiger partial charge in [0.1, 0.15) is 12.4 Å². The van der Waals surface area contributed by atoms with Crippen LogP contribution < -0.4 is 10.1 Å². The summed E-state index contributed by atoms with van der Waals surface area (Å²) >= 11 is 0. The quantitative estimate of drug-likeness (QED) is 0.418. The maximum absolute atomic E-state index is 12.3. The van der Waals surface area contributed by atoms with Gasteiger partial charge in [0.25, 0.3) is 0 Å². The monoisotopic (exact) mass is 426 g/mol. The van der Waals surface area contributed by atoms with Crippen LogP contribution in [0.1, 0.15) is 11.1 Å². The Kier molecular flexibility index (Phi) is 7.08. The number of nitrogens with zero attached hydrogens (tertiary/aromatic N) is 2. The second-order valence-corrected chi connectivity index (χ2v) is 7.07. The zero-order valence-electron chi connectivity index (χ0n) is 16.5. The number of amides is 1. The Morgan fingerprint density at radius 2 is 1.90 bits per heavy atom. The van der Waals surface area contributed by atoms with Crippen LogP contribution in [-0.2, 0) is 27.5 Å². The van der Waals surface area contributed by atoms with Gasteiger partial charge in [-0.05, 0) is 48.0 Å². The van der Waals surface area contributed by atoms with Crippen molar-refractivity contribution in [3.63, 3.8) is 0 Å². The number of anilines is 1. The highest BCUT2D eigenvalue weighted by molar-refractivity contribution is 7.32. The summed E-state index contributed by atoms with van der Waals surface area (Å²) in [6.45, 7) is 0.0228. The summed E-state index contributed by atoms with van der Waals surface area (Å²) in [6.07, 6.45) is 4.85. The van der Waals surface area contributed by atoms with Crippen molar-refractivity contribution < 1.29 is 23.5 Å². The number of methoxy groups -OCH3 is 1. The Balaban J connectivity index is 1.67. The van der Waals surface area contributed by atoms with E-state index in [1.54, 1.807) is 48.3 Å². The first-order valence-corrected chi connectivity index (χ1v) is 10.1. The highest BCUT2D eigenvalue weighted by Crippen LogP contribution is 2.26. The summed E-state index contributed by atoms with van der Waals surface area (Å²) in [7, 11) is 0.823. The van der Waals surface area contributed by atoms with E-state index >= 15 is 0 Å². The zero-order valence-corrected chi connectivity index (χ0v) is 17.4. The molecule has 1 amide bonds. The molecule has 0 bridgehead atoms. The fourth-order valence-electron chi connectivity index (χ4n) is 2.84. The first-order chi connectivity index (χ1) is 14.5. The maximum Gasteiger partial charge on any atom is 0.695 e. The molecular weight excluding hydrogens is 405 g/mol. The number of ether oxygens (including phenoxy) is 1. The third-order valence-corrected chi connectivity index (χ3v) is 4.66. The highest BCUT2D eigenvalue weighted by Gasteiger charge is 2.12. The van der Waals surface area contributed by atoms with E-state index in [0.717, 1.165) is 28.1 Å². The molecule has 1 heterocycles. The molecule has 0 aliphatic carbocycles. The van der Waals surface area contributed by atoms with Gasteiger partial charge in [-0.2, -0.15) is 5.10 Å². The molecule has 0 fully saturated rings. The van der Waals surface area contributed by atoms with E-state index < -0.39 is 8.25 Å². The minimum Gasteiger partial charge on any atom is -0.497 e. The molecule has 0 spiro atoms. The summed E-state index contributed by atoms with van der Waals surface area (Å²) in [6, 6.07) is 14.4. The normalized spacial score (nSPS) is 11.5. The summed E-state index contributed by atoms with van der Waals surface area (Å²) < 4.78 is 22.2. The molecule has 0 saturated carbocycles. The molecule has 8 nitrogen and oxygen atoms in total. The molecule has 9 heteroatoms. The topological polar surface area (TPSA) is 103 Å². The van der Waals surface area contributed by atoms with Crippen molar-refractivity contribution in [3.05, 3.63) is 71.9 Å². The van der Waals surface area contributed by atoms with E-state index in [2.05, 4.69) is 14.9 Å². The van der Waals surface area contributed by atoms with Crippen LogP contribution in [0.2, 0.25) is 0 Å². The van der Waals surface area contributed by atoms with Crippen molar-refractivity contribution in [1.29, 1.82) is 0 Å². The average Bonchev–Trinajstić information content (AvgIpc) is 3.12. The van der Waals surface area contributed by atoms with Gasteiger partial charge in [-0.3, -0.25) is 9.48 Å². The van der Waals surface area contributed by atoms with Crippen LogP contribution in [0.4, 0.5) is 5.69 Å². The van der Waals surface area contributed by atoms with Gasteiger partial charge in [-0.1, -0.05) is 12.1 Å². The van der Waals surface area contributed by atoms with Crippen LogP contribution in [0.25, 0.3) is 17.3 Å². The fraction of sp³-hybridized carbons (Fsp3) is 0.143. The Labute approximate surface area is 174 Å². The lowest BCUT2D eigenvalue weighted by Crippen LogP contribution is -2.07. The molecule has 30 heavy (non-hydrogen) atoms. The van der Waals surface area contributed by atoms with E-state index in [1.165, 1.54) is 6.08 Å². The number of hydrogen-bond acceptors (Lipinski definition) is 5. The van der Waals surface area contributed by atoms with Gasteiger partial charge in [0.05, 0.1) is 19.0 Å². The molecule has 0 saturated heterocycles. The van der Waals surface area contributed by atoms with Crippen LogP contribution in [0.3, 0.4) is 0 Å². The van der Waals surface area contributed by atoms with Crippen LogP contribution in [0.5, 0.6) is 5.75 Å². The van der Waals surface area contributed by atoms with E-state index in [-0.39, 0.29) is 12.5 Å². The Morgan fingerprint density at radius 3 is 2.53 bits per heavy atom. The lowest BCUT2D eigenvalue weighted by molar-refractivity contribution is -0.111. The van der Waals surface area contributed by atoms with Crippen molar-refractivity contribution in [2.45, 2.75) is 6.61 Å². The number of nitrogens with one attached hydrogen (secondary N) is 1. The van der Waals surface area contributed by atoms with Gasteiger partial charge in [0.2, 0.25) is 5.91 Å². The minimum absolute atomic E-state index is 0.0228. The van der Waals surface area contributed by atoms with Crippen LogP contribution in [0, 0.1) is 0 Å². The predicted molar refractivity (Wildman–Crippen MR) is 114 cm³/mol. The molecular formula is C21H21N3O5P+. The Morgan fingerprint density at radius 1 is 1.20 bits per heavy atom. The van der Waals surface area contributed by atoms with Crippen molar-refractivity contribution in [1.82, 2.24) is 9.78 Å². The van der Waals surface area contributed by atoms with Gasteiger partial charge in [0, 0.05) is 34.5 Å². The molecule has 0 radical (unpaired) electrons. The number of aryl methyl sites for hydroxylation is 1. The standard InChI is InChI=1S/C21H20N3O5P/c1-24-21(16-5-10-19(28-2)11-6-16)17(13-22-24)7-12-20(25)23-18-8-3-15(4-9-18)14-29-30(26)27/h3-13H,14H2,1-2H3,(H-,23,25,26,27)/p+1. The first kappa shape index (κ1) is 21.4. The van der Waals surface area contributed by atoms with Crippen molar-refractivity contribution in [2.24, 2.45) is 7.05 Å². The van der Waals surface area contributed by atoms with E-state index in [9.17, 15) is 9.36 Å². The largest absolute Gasteiger partial charge is 0.695 e. The smallest absolute Gasteiger partial charge is 0.497 e. The third kappa shape index (κ3) is 5.61. The molecule has 1 unspecified atom stereocenters. The number of hydrogen-bond donors (Lipinski definition) is 2. The minimum atomic E-state index is -2.64. The Bertz CT molecular complexity index is 1060. The van der Waals surface area contributed by atoms with E-state index in [4.69, 9.17) is 9.63 Å². The van der Waals surface area contributed by atoms with Crippen molar-refractivity contribution in [2.75, 3.05) is 12.4 Å². The lowest BCUT2D eigenvalue weighted by atomic mass is 10.1. The van der Waals surface area contributed by atoms with Gasteiger partial charge >= 0.3 is 8.25 Å². The lowest BCUT2D eigenvalue weighted by Gasteiger charge is -2.06. The average molecular weight is 426 g/mol. The summed E-state index contributed by atoms with van der Waals surface area (Å²) in [5.74, 6) is 0.474. The first-order valence-electron chi connectivity index (χ1n) is 8.99. The summed E-state index contributed by atoms with van der Waals surface area (Å²) in [5, 5.41) is 7.06. The van der Waals surface area contributed by atoms with Gasteiger partial charge in [0.15, 0.2) is 0 Å². The number of benzene rings is 2. The molecule has 2 aromatic carbocycles. The number of carbonyl (C=O) groups is 1. The fourth-order valence-corrected chi connectivity index (χ4v) is 3.10. The number of rotatable bonds is 8.